The second-order valence-corrected chi connectivity index (χ2v) is 5.75. The molecule has 5 nitrogen and oxygen atoms in total. The fraction of sp³-hybridized carbons (Fsp3) is 0.867. The van der Waals surface area contributed by atoms with E-state index in [0.29, 0.717) is 19.5 Å². The molecule has 0 aromatic heterocycles. The van der Waals surface area contributed by atoms with Crippen molar-refractivity contribution in [3.8, 4) is 0 Å². The van der Waals surface area contributed by atoms with Crippen LogP contribution in [0.15, 0.2) is 0 Å². The largest absolute Gasteiger partial charge is 0.481 e. The van der Waals surface area contributed by atoms with Gasteiger partial charge in [0.15, 0.2) is 0 Å². The Labute approximate surface area is 122 Å². The molecule has 0 rings (SSSR count). The summed E-state index contributed by atoms with van der Waals surface area (Å²) in [4.78, 5) is 23.6. The van der Waals surface area contributed by atoms with Crippen molar-refractivity contribution < 1.29 is 14.7 Å². The molecule has 0 unspecified atom stereocenters. The molecular formula is C15H30N2O3. The Kier molecular flexibility index (Phi) is 10.8. The normalized spacial score (nSPS) is 10.6. The van der Waals surface area contributed by atoms with Crippen LogP contribution in [0.3, 0.4) is 0 Å². The summed E-state index contributed by atoms with van der Waals surface area (Å²) in [6.07, 6.45) is 6.52. The van der Waals surface area contributed by atoms with E-state index in [1.165, 1.54) is 19.3 Å². The highest BCUT2D eigenvalue weighted by Gasteiger charge is 2.07. The number of carbonyl (C=O) groups is 2. The third kappa shape index (κ3) is 11.8. The molecule has 0 fully saturated rings. The highest BCUT2D eigenvalue weighted by Crippen LogP contribution is 2.08. The number of hydrogen-bond acceptors (Lipinski definition) is 2. The van der Waals surface area contributed by atoms with Crippen molar-refractivity contribution in [3.63, 3.8) is 0 Å². The van der Waals surface area contributed by atoms with E-state index in [1.54, 1.807) is 11.9 Å². The first-order valence-electron chi connectivity index (χ1n) is 7.64. The first kappa shape index (κ1) is 18.7. The molecule has 0 spiro atoms. The maximum absolute atomic E-state index is 11.7. The minimum absolute atomic E-state index is 0.105. The quantitative estimate of drug-likeness (QED) is 0.573. The lowest BCUT2D eigenvalue weighted by Crippen LogP contribution is -2.38. The number of carboxylic acid groups (broad SMARTS) is 1. The molecule has 0 atom stereocenters. The van der Waals surface area contributed by atoms with Crippen molar-refractivity contribution in [2.45, 2.75) is 58.8 Å². The SMILES string of the molecule is CC(C)CCCCCCNC(=O)N(C)CCCC(=O)O. The van der Waals surface area contributed by atoms with Crippen LogP contribution < -0.4 is 5.32 Å². The Morgan fingerprint density at radius 2 is 1.75 bits per heavy atom. The molecule has 0 aliphatic carbocycles. The molecule has 0 aliphatic rings. The maximum Gasteiger partial charge on any atom is 0.317 e. The molecule has 118 valence electrons. The molecular weight excluding hydrogens is 256 g/mol. The summed E-state index contributed by atoms with van der Waals surface area (Å²) in [5, 5.41) is 11.4. The number of unbranched alkanes of at least 4 members (excludes halogenated alkanes) is 3. The predicted octanol–water partition coefficient (Wildman–Crippen LogP) is 3.10. The van der Waals surface area contributed by atoms with E-state index in [1.807, 2.05) is 0 Å². The van der Waals surface area contributed by atoms with E-state index in [-0.39, 0.29) is 12.5 Å². The number of rotatable bonds is 11. The zero-order chi connectivity index (χ0) is 15.4. The van der Waals surface area contributed by atoms with Crippen LogP contribution in [-0.4, -0.2) is 42.1 Å². The van der Waals surface area contributed by atoms with E-state index >= 15 is 0 Å². The van der Waals surface area contributed by atoms with Gasteiger partial charge in [0.05, 0.1) is 0 Å². The van der Waals surface area contributed by atoms with Gasteiger partial charge < -0.3 is 15.3 Å². The summed E-state index contributed by atoms with van der Waals surface area (Å²) in [5.41, 5.74) is 0. The molecule has 0 saturated carbocycles. The van der Waals surface area contributed by atoms with Crippen LogP contribution in [0.1, 0.15) is 58.8 Å². The summed E-state index contributed by atoms with van der Waals surface area (Å²) in [7, 11) is 1.69. The lowest BCUT2D eigenvalue weighted by Gasteiger charge is -2.17. The Morgan fingerprint density at radius 1 is 1.10 bits per heavy atom. The van der Waals surface area contributed by atoms with Gasteiger partial charge in [0.1, 0.15) is 0 Å². The smallest absolute Gasteiger partial charge is 0.317 e. The van der Waals surface area contributed by atoms with Gasteiger partial charge in [-0.1, -0.05) is 39.5 Å². The minimum Gasteiger partial charge on any atom is -0.481 e. The van der Waals surface area contributed by atoms with Gasteiger partial charge in [0.25, 0.3) is 0 Å². The Balaban J connectivity index is 3.45. The number of nitrogens with one attached hydrogen (secondary N) is 1. The summed E-state index contributed by atoms with van der Waals surface area (Å²) in [6, 6.07) is -0.113. The van der Waals surface area contributed by atoms with Crippen LogP contribution >= 0.6 is 0 Å². The molecule has 2 amide bonds. The zero-order valence-corrected chi connectivity index (χ0v) is 13.2. The van der Waals surface area contributed by atoms with Crippen molar-refractivity contribution >= 4 is 12.0 Å². The predicted molar refractivity (Wildman–Crippen MR) is 80.8 cm³/mol. The molecule has 0 aromatic carbocycles. The Hall–Kier alpha value is -1.26. The highest BCUT2D eigenvalue weighted by molar-refractivity contribution is 5.73. The van der Waals surface area contributed by atoms with Crippen LogP contribution in [0.2, 0.25) is 0 Å². The number of nitrogens with zero attached hydrogens (tertiary/aromatic N) is 1. The molecule has 2 N–H and O–H groups in total. The average Bonchev–Trinajstić information content (AvgIpc) is 2.36. The summed E-state index contributed by atoms with van der Waals surface area (Å²) in [5.74, 6) is -0.0469. The topological polar surface area (TPSA) is 69.6 Å². The fourth-order valence-electron chi connectivity index (χ4n) is 1.93. The molecule has 0 bridgehead atoms. The molecule has 0 aliphatic heterocycles. The number of urea groups is 1. The lowest BCUT2D eigenvalue weighted by molar-refractivity contribution is -0.137. The minimum atomic E-state index is -0.819. The number of carboxylic acids is 1. The van der Waals surface area contributed by atoms with Crippen LogP contribution in [0.5, 0.6) is 0 Å². The first-order chi connectivity index (χ1) is 9.43. The van der Waals surface area contributed by atoms with Gasteiger partial charge in [-0.05, 0) is 18.8 Å². The second-order valence-electron chi connectivity index (χ2n) is 5.75. The second kappa shape index (κ2) is 11.6. The maximum atomic E-state index is 11.7. The van der Waals surface area contributed by atoms with Gasteiger partial charge in [-0.15, -0.1) is 0 Å². The van der Waals surface area contributed by atoms with Crippen LogP contribution in [-0.2, 0) is 4.79 Å². The summed E-state index contributed by atoms with van der Waals surface area (Å²) < 4.78 is 0. The van der Waals surface area contributed by atoms with E-state index < -0.39 is 5.97 Å². The zero-order valence-electron chi connectivity index (χ0n) is 13.2. The number of carbonyl (C=O) groups excluding carboxylic acids is 1. The van der Waals surface area contributed by atoms with Gasteiger partial charge in [0, 0.05) is 26.6 Å². The van der Waals surface area contributed by atoms with Crippen molar-refractivity contribution in [2.75, 3.05) is 20.1 Å². The van der Waals surface area contributed by atoms with Crippen molar-refractivity contribution in [3.05, 3.63) is 0 Å². The average molecular weight is 286 g/mol. The summed E-state index contributed by atoms with van der Waals surface area (Å²) in [6.45, 7) is 5.65. The van der Waals surface area contributed by atoms with Gasteiger partial charge in [-0.3, -0.25) is 4.79 Å². The Morgan fingerprint density at radius 3 is 2.35 bits per heavy atom. The first-order valence-corrected chi connectivity index (χ1v) is 7.64. The van der Waals surface area contributed by atoms with E-state index in [9.17, 15) is 9.59 Å². The van der Waals surface area contributed by atoms with Crippen LogP contribution in [0.25, 0.3) is 0 Å². The fourth-order valence-corrected chi connectivity index (χ4v) is 1.93. The number of hydrogen-bond donors (Lipinski definition) is 2. The van der Waals surface area contributed by atoms with Crippen molar-refractivity contribution in [1.82, 2.24) is 10.2 Å². The van der Waals surface area contributed by atoms with Gasteiger partial charge in [0.2, 0.25) is 0 Å². The third-order valence-electron chi connectivity index (χ3n) is 3.22. The number of aliphatic carboxylic acids is 1. The van der Waals surface area contributed by atoms with Crippen molar-refractivity contribution in [1.29, 1.82) is 0 Å². The molecule has 0 heterocycles. The highest BCUT2D eigenvalue weighted by atomic mass is 16.4. The molecule has 0 radical (unpaired) electrons. The molecule has 0 saturated heterocycles. The molecule has 5 heteroatoms. The van der Waals surface area contributed by atoms with E-state index in [4.69, 9.17) is 5.11 Å². The molecule has 0 aromatic rings. The van der Waals surface area contributed by atoms with Gasteiger partial charge in [-0.25, -0.2) is 4.79 Å². The van der Waals surface area contributed by atoms with E-state index in [0.717, 1.165) is 18.8 Å². The molecule has 20 heavy (non-hydrogen) atoms. The standard InChI is InChI=1S/C15H30N2O3/c1-13(2)9-6-4-5-7-11-16-15(20)17(3)12-8-10-14(18)19/h13H,4-12H2,1-3H3,(H,16,20)(H,18,19). The van der Waals surface area contributed by atoms with Crippen LogP contribution in [0, 0.1) is 5.92 Å². The third-order valence-corrected chi connectivity index (χ3v) is 3.22. The monoisotopic (exact) mass is 286 g/mol. The lowest BCUT2D eigenvalue weighted by atomic mass is 10.0. The number of amides is 2. The van der Waals surface area contributed by atoms with Crippen molar-refractivity contribution in [2.24, 2.45) is 5.92 Å². The summed E-state index contributed by atoms with van der Waals surface area (Å²) >= 11 is 0. The van der Waals surface area contributed by atoms with Gasteiger partial charge in [-0.2, -0.15) is 0 Å². The van der Waals surface area contributed by atoms with Crippen LogP contribution in [0.4, 0.5) is 4.79 Å². The van der Waals surface area contributed by atoms with Gasteiger partial charge >= 0.3 is 12.0 Å². The van der Waals surface area contributed by atoms with E-state index in [2.05, 4.69) is 19.2 Å². The Bertz CT molecular complexity index is 280.